The number of esters is 1. The molecule has 0 radical (unpaired) electrons. The van der Waals surface area contributed by atoms with Gasteiger partial charge in [0, 0.05) is 50.2 Å². The Bertz CT molecular complexity index is 1260. The van der Waals surface area contributed by atoms with Crippen LogP contribution in [0.5, 0.6) is 0 Å². The van der Waals surface area contributed by atoms with Gasteiger partial charge in [-0.25, -0.2) is 27.8 Å². The first-order valence-electron chi connectivity index (χ1n) is 13.7. The number of benzene rings is 1. The van der Waals surface area contributed by atoms with Crippen molar-refractivity contribution in [3.63, 3.8) is 0 Å². The molecule has 1 aromatic rings. The van der Waals surface area contributed by atoms with Gasteiger partial charge in [0.15, 0.2) is 5.84 Å². The minimum absolute atomic E-state index is 0.104. The van der Waals surface area contributed by atoms with E-state index in [-0.39, 0.29) is 41.9 Å². The number of halogens is 4. The summed E-state index contributed by atoms with van der Waals surface area (Å²) < 4.78 is 45.9. The van der Waals surface area contributed by atoms with Crippen LogP contribution in [-0.2, 0) is 9.53 Å². The number of ether oxygens (including phenoxy) is 1. The molecule has 4 rings (SSSR count). The molecule has 1 unspecified atom stereocenters. The van der Waals surface area contributed by atoms with Gasteiger partial charge in [-0.15, -0.1) is 11.8 Å². The van der Waals surface area contributed by atoms with Crippen molar-refractivity contribution in [2.75, 3.05) is 52.1 Å². The van der Waals surface area contributed by atoms with Gasteiger partial charge in [-0.2, -0.15) is 0 Å². The Morgan fingerprint density at radius 1 is 1.33 bits per heavy atom. The molecule has 0 aliphatic carbocycles. The van der Waals surface area contributed by atoms with E-state index in [1.165, 1.54) is 35.0 Å². The lowest BCUT2D eigenvalue weighted by atomic mass is 9.95. The maximum atomic E-state index is 14.5. The number of carbonyl (C=O) groups excluding carboxylic acids is 2. The van der Waals surface area contributed by atoms with Gasteiger partial charge in [0.25, 0.3) is 6.43 Å². The van der Waals surface area contributed by atoms with Crippen LogP contribution in [-0.4, -0.2) is 102 Å². The number of thioether (sulfide) groups is 1. The third kappa shape index (κ3) is 7.48. The van der Waals surface area contributed by atoms with Gasteiger partial charge in [-0.1, -0.05) is 44.2 Å². The van der Waals surface area contributed by atoms with E-state index in [1.54, 1.807) is 17.9 Å². The van der Waals surface area contributed by atoms with Crippen molar-refractivity contribution in [3.8, 4) is 0 Å². The molecule has 2 amide bonds. The molecule has 2 atom stereocenters. The van der Waals surface area contributed by atoms with Crippen molar-refractivity contribution >= 4 is 46.2 Å². The summed E-state index contributed by atoms with van der Waals surface area (Å²) in [5, 5.41) is 3.55. The normalized spacial score (nSPS) is 21.0. The van der Waals surface area contributed by atoms with Crippen LogP contribution in [0.4, 0.5) is 18.0 Å². The van der Waals surface area contributed by atoms with Gasteiger partial charge in [0.05, 0.1) is 29.8 Å². The molecule has 1 aromatic carbocycles. The average molecular weight is 629 g/mol. The van der Waals surface area contributed by atoms with E-state index in [9.17, 15) is 22.8 Å². The van der Waals surface area contributed by atoms with Gasteiger partial charge in [0.2, 0.25) is 0 Å². The number of urea groups is 1. The van der Waals surface area contributed by atoms with Crippen molar-refractivity contribution < 1.29 is 27.5 Å². The number of hydrogen-bond donors (Lipinski definition) is 1. The van der Waals surface area contributed by atoms with Crippen molar-refractivity contribution in [3.05, 3.63) is 58.7 Å². The van der Waals surface area contributed by atoms with Crippen molar-refractivity contribution in [1.29, 1.82) is 0 Å². The Balaban J connectivity index is 0.00000237. The zero-order valence-electron chi connectivity index (χ0n) is 24.1. The first-order valence-corrected chi connectivity index (χ1v) is 15.3. The van der Waals surface area contributed by atoms with Crippen LogP contribution >= 0.6 is 23.4 Å². The maximum Gasteiger partial charge on any atom is 0.338 e. The Kier molecular flexibility index (Phi) is 12.3. The first-order chi connectivity index (χ1) is 20.2. The molecule has 0 spiro atoms. The number of piperazine rings is 1. The van der Waals surface area contributed by atoms with Crippen LogP contribution in [0.15, 0.2) is 52.2 Å². The number of hydrogen-bond acceptors (Lipinski definition) is 8. The summed E-state index contributed by atoms with van der Waals surface area (Å²) in [7, 11) is 0. The van der Waals surface area contributed by atoms with Crippen LogP contribution in [0.25, 0.3) is 0 Å². The maximum absolute atomic E-state index is 14.5. The summed E-state index contributed by atoms with van der Waals surface area (Å²) in [5.74, 6) is -0.944. The Morgan fingerprint density at radius 2 is 2.07 bits per heavy atom. The molecule has 3 aliphatic heterocycles. The Hall–Kier alpha value is -3.03. The number of alkyl halides is 2. The third-order valence-corrected chi connectivity index (χ3v) is 7.84. The van der Waals surface area contributed by atoms with E-state index in [0.717, 1.165) is 0 Å². The highest BCUT2D eigenvalue weighted by atomic mass is 35.5. The van der Waals surface area contributed by atoms with Crippen molar-refractivity contribution in [1.82, 2.24) is 20.0 Å². The Labute approximate surface area is 253 Å². The number of rotatable bonds is 9. The van der Waals surface area contributed by atoms with E-state index in [0.29, 0.717) is 36.2 Å². The smallest absolute Gasteiger partial charge is 0.338 e. The summed E-state index contributed by atoms with van der Waals surface area (Å²) in [5.41, 5.74) is 0.914. The monoisotopic (exact) mass is 628 g/mol. The molecule has 0 aromatic heterocycles. The van der Waals surface area contributed by atoms with Crippen LogP contribution in [0, 0.1) is 5.82 Å². The zero-order chi connectivity index (χ0) is 31.0. The van der Waals surface area contributed by atoms with Crippen LogP contribution in [0.2, 0.25) is 5.02 Å². The number of amides is 2. The summed E-state index contributed by atoms with van der Waals surface area (Å²) >= 11 is 7.67. The van der Waals surface area contributed by atoms with Gasteiger partial charge < -0.3 is 19.9 Å². The van der Waals surface area contributed by atoms with E-state index >= 15 is 0 Å². The number of carbonyl (C=O) groups is 2. The zero-order valence-corrected chi connectivity index (χ0v) is 25.7. The molecule has 230 valence electrons. The lowest BCUT2D eigenvalue weighted by molar-refractivity contribution is -0.139. The molecule has 0 saturated carbocycles. The molecular weight excluding hydrogens is 593 g/mol. The number of amidine groups is 1. The topological polar surface area (TPSA) is 89.8 Å². The Morgan fingerprint density at radius 3 is 2.71 bits per heavy atom. The fraction of sp³-hybridized carbons (Fsp3) is 0.500. The fourth-order valence-corrected chi connectivity index (χ4v) is 5.76. The summed E-state index contributed by atoms with van der Waals surface area (Å²) in [6.07, 6.45) is 0.561. The number of aliphatic imine (C=N–C) groups is 2. The van der Waals surface area contributed by atoms with Crippen LogP contribution in [0.1, 0.15) is 32.4 Å². The molecule has 9 nitrogen and oxygen atoms in total. The van der Waals surface area contributed by atoms with E-state index in [2.05, 4.69) is 16.9 Å². The largest absolute Gasteiger partial charge is 0.463 e. The molecule has 1 N–H and O–H groups in total. The standard InChI is InChI=1S/C26H30ClF3N6O3S.C2H6/c1-4-31-24(40-3)23-32-18(13-34-9-10-36-15(11-34)12-35(26(36)38)14-19(29)30)20(25(37)39-5-2)22(33-23)16-7-6-8-17(28)21(16)27;1-2/h4,6-8,15,19,22H,1,5,9-14H2,2-3H3,(H,32,33);1-2H3/t15?,22-;/m0./s1. The van der Waals surface area contributed by atoms with Crippen molar-refractivity contribution in [2.45, 2.75) is 39.3 Å². The van der Waals surface area contributed by atoms with Crippen LogP contribution < -0.4 is 5.32 Å². The molecular formula is C28H36ClF3N6O3S. The molecule has 3 heterocycles. The summed E-state index contributed by atoms with van der Waals surface area (Å²) in [4.78, 5) is 39.8. The van der Waals surface area contributed by atoms with E-state index < -0.39 is 36.8 Å². The van der Waals surface area contributed by atoms with E-state index in [1.807, 2.05) is 25.0 Å². The lowest BCUT2D eigenvalue weighted by Gasteiger charge is -2.38. The SMILES string of the molecule is C=CN=C(SC)C1=N[C@@H](c2cccc(F)c2Cl)C(C(=O)OCC)=C(CN2CCN3C(=O)N(CC(F)F)CC3C2)N1.CC. The minimum Gasteiger partial charge on any atom is -0.463 e. The highest BCUT2D eigenvalue weighted by molar-refractivity contribution is 8.15. The van der Waals surface area contributed by atoms with Gasteiger partial charge in [-0.05, 0) is 19.2 Å². The van der Waals surface area contributed by atoms with Gasteiger partial charge in [0.1, 0.15) is 16.9 Å². The second kappa shape index (κ2) is 15.4. The second-order valence-corrected chi connectivity index (χ2v) is 10.4. The first kappa shape index (κ1) is 33.5. The lowest BCUT2D eigenvalue weighted by Crippen LogP contribution is -2.53. The number of fused-ring (bicyclic) bond motifs is 1. The highest BCUT2D eigenvalue weighted by Crippen LogP contribution is 2.37. The van der Waals surface area contributed by atoms with E-state index in [4.69, 9.17) is 21.3 Å². The van der Waals surface area contributed by atoms with Crippen LogP contribution in [0.3, 0.4) is 0 Å². The summed E-state index contributed by atoms with van der Waals surface area (Å²) in [6, 6.07) is 2.65. The van der Waals surface area contributed by atoms with Gasteiger partial charge >= 0.3 is 12.0 Å². The molecule has 14 heteroatoms. The molecule has 0 bridgehead atoms. The average Bonchev–Trinajstić information content (AvgIpc) is 3.27. The molecule has 3 aliphatic rings. The molecule has 42 heavy (non-hydrogen) atoms. The molecule has 2 saturated heterocycles. The minimum atomic E-state index is -2.61. The summed E-state index contributed by atoms with van der Waals surface area (Å²) in [6.45, 7) is 10.4. The third-order valence-electron chi connectivity index (χ3n) is 6.76. The highest BCUT2D eigenvalue weighted by Gasteiger charge is 2.42. The van der Waals surface area contributed by atoms with Crippen molar-refractivity contribution in [2.24, 2.45) is 9.98 Å². The predicted octanol–water partition coefficient (Wildman–Crippen LogP) is 4.96. The number of nitrogens with one attached hydrogen (secondary N) is 1. The quantitative estimate of drug-likeness (QED) is 0.236. The fourth-order valence-electron chi connectivity index (χ4n) is 5.06. The predicted molar refractivity (Wildman–Crippen MR) is 161 cm³/mol. The molecule has 2 fully saturated rings. The number of nitrogens with zero attached hydrogens (tertiary/aromatic N) is 5. The second-order valence-electron chi connectivity index (χ2n) is 9.24. The van der Waals surface area contributed by atoms with Gasteiger partial charge in [-0.3, -0.25) is 9.89 Å².